The van der Waals surface area contributed by atoms with Gasteiger partial charge in [0.15, 0.2) is 11.6 Å². The van der Waals surface area contributed by atoms with Gasteiger partial charge in [-0.1, -0.05) is 19.8 Å². The Morgan fingerprint density at radius 3 is 2.76 bits per heavy atom. The average molecular weight is 237 g/mol. The fourth-order valence-electron chi connectivity index (χ4n) is 2.54. The fourth-order valence-corrected chi connectivity index (χ4v) is 2.54. The molecule has 0 amide bonds. The lowest BCUT2D eigenvalue weighted by atomic mass is 10.00. The maximum atomic E-state index is 13.9. The van der Waals surface area contributed by atoms with Crippen LogP contribution in [-0.4, -0.2) is 16.0 Å². The molecule has 1 aliphatic carbocycles. The van der Waals surface area contributed by atoms with Gasteiger partial charge in [-0.2, -0.15) is 0 Å². The molecule has 0 aliphatic heterocycles. The lowest BCUT2D eigenvalue weighted by molar-refractivity contribution is 0.477. The number of rotatable bonds is 4. The summed E-state index contributed by atoms with van der Waals surface area (Å²) in [6, 6.07) is 0.284. The molecule has 0 radical (unpaired) electrons. The van der Waals surface area contributed by atoms with Gasteiger partial charge in [0.05, 0.1) is 5.69 Å². The molecule has 0 bridgehead atoms. The Morgan fingerprint density at radius 2 is 2.12 bits per heavy atom. The van der Waals surface area contributed by atoms with Crippen LogP contribution in [0.5, 0.6) is 0 Å². The third-order valence-corrected chi connectivity index (χ3v) is 3.67. The van der Waals surface area contributed by atoms with Gasteiger partial charge in [-0.25, -0.2) is 14.4 Å². The van der Waals surface area contributed by atoms with E-state index in [2.05, 4.69) is 22.2 Å². The summed E-state index contributed by atoms with van der Waals surface area (Å²) in [5.41, 5.74) is 0.487. The van der Waals surface area contributed by atoms with Crippen molar-refractivity contribution in [1.82, 2.24) is 9.97 Å². The molecule has 0 saturated heterocycles. The fraction of sp³-hybridized carbons (Fsp3) is 0.692. The summed E-state index contributed by atoms with van der Waals surface area (Å²) in [6.45, 7) is 4.01. The summed E-state index contributed by atoms with van der Waals surface area (Å²) in [4.78, 5) is 7.94. The second-order valence-corrected chi connectivity index (χ2v) is 4.81. The monoisotopic (exact) mass is 237 g/mol. The number of nitrogens with one attached hydrogen (secondary N) is 1. The van der Waals surface area contributed by atoms with Gasteiger partial charge < -0.3 is 5.32 Å². The first kappa shape index (κ1) is 12.3. The molecule has 2 rings (SSSR count). The molecular weight excluding hydrogens is 217 g/mol. The number of nitrogens with zero attached hydrogens (tertiary/aromatic N) is 2. The summed E-state index contributed by atoms with van der Waals surface area (Å²) in [7, 11) is 0. The number of aryl methyl sites for hydroxylation is 1. The minimum Gasteiger partial charge on any atom is -0.365 e. The highest BCUT2D eigenvalue weighted by molar-refractivity contribution is 5.38. The van der Waals surface area contributed by atoms with Crippen molar-refractivity contribution in [3.8, 4) is 0 Å². The van der Waals surface area contributed by atoms with Gasteiger partial charge in [0.25, 0.3) is 0 Å². The van der Waals surface area contributed by atoms with E-state index in [-0.39, 0.29) is 11.9 Å². The van der Waals surface area contributed by atoms with Crippen LogP contribution in [0.3, 0.4) is 0 Å². The topological polar surface area (TPSA) is 37.8 Å². The molecule has 4 heteroatoms. The molecule has 1 aromatic heterocycles. The zero-order valence-corrected chi connectivity index (χ0v) is 10.5. The van der Waals surface area contributed by atoms with Gasteiger partial charge in [0.1, 0.15) is 6.33 Å². The summed E-state index contributed by atoms with van der Waals surface area (Å²) in [5, 5.41) is 3.20. The summed E-state index contributed by atoms with van der Waals surface area (Å²) in [6.07, 6.45) is 7.10. The van der Waals surface area contributed by atoms with Crippen LogP contribution in [0.2, 0.25) is 0 Å². The van der Waals surface area contributed by atoms with E-state index < -0.39 is 0 Å². The second kappa shape index (κ2) is 5.43. The number of hydrogen-bond donors (Lipinski definition) is 1. The molecule has 1 fully saturated rings. The Hall–Kier alpha value is -1.19. The SMILES string of the molecule is CCc1ncnc(NC(C)C2CCCC2)c1F. The highest BCUT2D eigenvalue weighted by Gasteiger charge is 2.22. The number of anilines is 1. The van der Waals surface area contributed by atoms with E-state index in [1.807, 2.05) is 6.92 Å². The van der Waals surface area contributed by atoms with Gasteiger partial charge in [0.2, 0.25) is 0 Å². The van der Waals surface area contributed by atoms with Crippen molar-refractivity contribution in [1.29, 1.82) is 0 Å². The molecule has 1 heterocycles. The number of aromatic nitrogens is 2. The molecule has 17 heavy (non-hydrogen) atoms. The molecule has 1 saturated carbocycles. The lowest BCUT2D eigenvalue weighted by Gasteiger charge is -2.21. The zero-order chi connectivity index (χ0) is 12.3. The van der Waals surface area contributed by atoms with Crippen molar-refractivity contribution in [2.75, 3.05) is 5.32 Å². The maximum Gasteiger partial charge on any atom is 0.186 e. The molecule has 1 aromatic rings. The second-order valence-electron chi connectivity index (χ2n) is 4.81. The van der Waals surface area contributed by atoms with E-state index in [1.54, 1.807) is 0 Å². The summed E-state index contributed by atoms with van der Waals surface area (Å²) < 4.78 is 13.9. The van der Waals surface area contributed by atoms with Crippen LogP contribution >= 0.6 is 0 Å². The van der Waals surface area contributed by atoms with E-state index >= 15 is 0 Å². The average Bonchev–Trinajstić information content (AvgIpc) is 2.85. The van der Waals surface area contributed by atoms with Crippen molar-refractivity contribution in [3.05, 3.63) is 17.8 Å². The number of halogens is 1. The first-order valence-corrected chi connectivity index (χ1v) is 6.48. The van der Waals surface area contributed by atoms with Crippen LogP contribution in [0.15, 0.2) is 6.33 Å². The molecule has 0 aromatic carbocycles. The van der Waals surface area contributed by atoms with Crippen molar-refractivity contribution in [2.45, 2.75) is 52.0 Å². The quantitative estimate of drug-likeness (QED) is 0.874. The van der Waals surface area contributed by atoms with Gasteiger partial charge in [0, 0.05) is 6.04 Å². The predicted octanol–water partition coefficient (Wildman–Crippen LogP) is 3.17. The van der Waals surface area contributed by atoms with Gasteiger partial charge in [-0.3, -0.25) is 0 Å². The summed E-state index contributed by atoms with van der Waals surface area (Å²) >= 11 is 0. The molecule has 1 atom stereocenters. The van der Waals surface area contributed by atoms with E-state index in [0.717, 1.165) is 0 Å². The normalized spacial score (nSPS) is 18.3. The van der Waals surface area contributed by atoms with E-state index in [0.29, 0.717) is 23.9 Å². The highest BCUT2D eigenvalue weighted by Crippen LogP contribution is 2.29. The maximum absolute atomic E-state index is 13.9. The standard InChI is InChI=1S/C13H20FN3/c1-3-11-12(14)13(16-8-15-11)17-9(2)10-6-4-5-7-10/h8-10H,3-7H2,1-2H3,(H,15,16,17). The van der Waals surface area contributed by atoms with Crippen molar-refractivity contribution in [2.24, 2.45) is 5.92 Å². The molecule has 0 spiro atoms. The van der Waals surface area contributed by atoms with E-state index in [9.17, 15) is 4.39 Å². The minimum absolute atomic E-state index is 0.284. The molecule has 3 nitrogen and oxygen atoms in total. The highest BCUT2D eigenvalue weighted by atomic mass is 19.1. The Bertz CT molecular complexity index is 375. The molecule has 1 aliphatic rings. The minimum atomic E-state index is -0.292. The van der Waals surface area contributed by atoms with E-state index in [4.69, 9.17) is 0 Å². The third-order valence-electron chi connectivity index (χ3n) is 3.67. The van der Waals surface area contributed by atoms with E-state index in [1.165, 1.54) is 32.0 Å². The smallest absolute Gasteiger partial charge is 0.186 e. The van der Waals surface area contributed by atoms with Gasteiger partial charge in [-0.15, -0.1) is 0 Å². The van der Waals surface area contributed by atoms with Crippen LogP contribution in [-0.2, 0) is 6.42 Å². The van der Waals surface area contributed by atoms with Crippen molar-refractivity contribution < 1.29 is 4.39 Å². The van der Waals surface area contributed by atoms with Crippen LogP contribution in [0, 0.1) is 11.7 Å². The van der Waals surface area contributed by atoms with Crippen molar-refractivity contribution >= 4 is 5.82 Å². The molecule has 1 unspecified atom stereocenters. The van der Waals surface area contributed by atoms with Crippen molar-refractivity contribution in [3.63, 3.8) is 0 Å². The summed E-state index contributed by atoms with van der Waals surface area (Å²) in [5.74, 6) is 0.713. The van der Waals surface area contributed by atoms with Crippen LogP contribution in [0.1, 0.15) is 45.2 Å². The lowest BCUT2D eigenvalue weighted by Crippen LogP contribution is -2.25. The third kappa shape index (κ3) is 2.73. The Kier molecular flexibility index (Phi) is 3.92. The first-order chi connectivity index (χ1) is 8.22. The molecule has 1 N–H and O–H groups in total. The predicted molar refractivity (Wildman–Crippen MR) is 66.4 cm³/mol. The Balaban J connectivity index is 2.07. The number of hydrogen-bond acceptors (Lipinski definition) is 3. The van der Waals surface area contributed by atoms with Crippen LogP contribution < -0.4 is 5.32 Å². The Morgan fingerprint density at radius 1 is 1.41 bits per heavy atom. The molecule has 94 valence electrons. The van der Waals surface area contributed by atoms with Crippen LogP contribution in [0.4, 0.5) is 10.2 Å². The van der Waals surface area contributed by atoms with Gasteiger partial charge in [-0.05, 0) is 32.1 Å². The van der Waals surface area contributed by atoms with Crippen LogP contribution in [0.25, 0.3) is 0 Å². The largest absolute Gasteiger partial charge is 0.365 e. The molecular formula is C13H20FN3. The Labute approximate surface area is 102 Å². The van der Waals surface area contributed by atoms with Gasteiger partial charge >= 0.3 is 0 Å². The zero-order valence-electron chi connectivity index (χ0n) is 10.5. The first-order valence-electron chi connectivity index (χ1n) is 6.48.